The Morgan fingerprint density at radius 2 is 2.05 bits per heavy atom. The molecular formula is C17H21NO3. The molecule has 4 nitrogen and oxygen atoms in total. The van der Waals surface area contributed by atoms with Crippen molar-refractivity contribution in [3.63, 3.8) is 0 Å². The van der Waals surface area contributed by atoms with E-state index in [1.165, 1.54) is 11.1 Å². The zero-order valence-electron chi connectivity index (χ0n) is 12.6. The van der Waals surface area contributed by atoms with Crippen molar-refractivity contribution < 1.29 is 14.6 Å². The predicted octanol–water partition coefficient (Wildman–Crippen LogP) is 2.63. The highest BCUT2D eigenvalue weighted by Gasteiger charge is 2.37. The number of carbonyl (C=O) groups is 1. The number of hydrogen-bond acceptors (Lipinski definition) is 3. The number of fused-ring (bicyclic) bond motifs is 1. The molecule has 0 atom stereocenters. The minimum Gasteiger partial charge on any atom is -0.482 e. The second-order valence-electron chi connectivity index (χ2n) is 6.17. The van der Waals surface area contributed by atoms with E-state index < -0.39 is 5.97 Å². The van der Waals surface area contributed by atoms with E-state index in [1.807, 2.05) is 4.90 Å². The predicted molar refractivity (Wildman–Crippen MR) is 81.6 cm³/mol. The van der Waals surface area contributed by atoms with Crippen LogP contribution in [0.1, 0.15) is 29.5 Å². The normalized spacial score (nSPS) is 20.1. The van der Waals surface area contributed by atoms with Crippen LogP contribution in [0.4, 0.5) is 0 Å². The second kappa shape index (κ2) is 5.19. The summed E-state index contributed by atoms with van der Waals surface area (Å²) in [6, 6.07) is 4.29. The summed E-state index contributed by atoms with van der Waals surface area (Å²) in [6.45, 7) is 5.82. The average Bonchev–Trinajstić information content (AvgIpc) is 2.42. The Morgan fingerprint density at radius 3 is 2.71 bits per heavy atom. The van der Waals surface area contributed by atoms with Crippen molar-refractivity contribution in [1.29, 1.82) is 0 Å². The number of aliphatic carboxylic acids is 1. The first kappa shape index (κ1) is 14.1. The zero-order valence-corrected chi connectivity index (χ0v) is 12.6. The monoisotopic (exact) mass is 287 g/mol. The summed E-state index contributed by atoms with van der Waals surface area (Å²) in [5.74, 6) is 0.220. The second-order valence-corrected chi connectivity index (χ2v) is 6.17. The molecule has 1 spiro atoms. The molecule has 4 heteroatoms. The minimum atomic E-state index is -0.761. The lowest BCUT2D eigenvalue weighted by Crippen LogP contribution is -2.48. The Bertz CT molecular complexity index is 598. The fourth-order valence-electron chi connectivity index (χ4n) is 3.28. The Balaban J connectivity index is 1.77. The zero-order chi connectivity index (χ0) is 15.0. The first-order valence-electron chi connectivity index (χ1n) is 7.41. The van der Waals surface area contributed by atoms with Crippen molar-refractivity contribution >= 4 is 12.0 Å². The number of hydrogen-bond donors (Lipinski definition) is 1. The first-order chi connectivity index (χ1) is 9.97. The highest BCUT2D eigenvalue weighted by molar-refractivity contribution is 5.69. The maximum absolute atomic E-state index is 10.8. The van der Waals surface area contributed by atoms with Gasteiger partial charge in [0.1, 0.15) is 11.4 Å². The number of likely N-dealkylation sites (tertiary alicyclic amines) is 1. The third-order valence-corrected chi connectivity index (χ3v) is 4.38. The lowest BCUT2D eigenvalue weighted by molar-refractivity contribution is -0.139. The van der Waals surface area contributed by atoms with Gasteiger partial charge in [0.2, 0.25) is 0 Å². The van der Waals surface area contributed by atoms with E-state index >= 15 is 0 Å². The third kappa shape index (κ3) is 2.81. The van der Waals surface area contributed by atoms with Gasteiger partial charge in [0, 0.05) is 31.5 Å². The molecule has 1 saturated heterocycles. The van der Waals surface area contributed by atoms with E-state index in [0.717, 1.165) is 37.2 Å². The molecule has 2 aliphatic heterocycles. The molecule has 1 aromatic rings. The lowest BCUT2D eigenvalue weighted by Gasteiger charge is -2.42. The van der Waals surface area contributed by atoms with Gasteiger partial charge in [0.25, 0.3) is 0 Å². The molecule has 0 unspecified atom stereocenters. The fraction of sp³-hybridized carbons (Fsp3) is 0.471. The van der Waals surface area contributed by atoms with Gasteiger partial charge in [-0.2, -0.15) is 0 Å². The molecule has 0 saturated carbocycles. The van der Waals surface area contributed by atoms with E-state index in [-0.39, 0.29) is 12.1 Å². The van der Waals surface area contributed by atoms with E-state index in [0.29, 0.717) is 0 Å². The lowest BCUT2D eigenvalue weighted by atomic mass is 9.87. The molecule has 0 bridgehead atoms. The SMILES string of the molecule is Cc1cc(C)c2c(c1)C=CC1(CCN(CC(=O)O)CC1)O2. The minimum absolute atomic E-state index is 0.120. The number of benzene rings is 1. The number of aryl methyl sites for hydroxylation is 2. The average molecular weight is 287 g/mol. The van der Waals surface area contributed by atoms with Gasteiger partial charge in [-0.25, -0.2) is 0 Å². The standard InChI is InChI=1S/C17H21NO3/c1-12-9-13(2)16-14(10-12)3-4-17(21-16)5-7-18(8-6-17)11-15(19)20/h3-4,9-10H,5-8,11H2,1-2H3,(H,19,20). The number of ether oxygens (including phenoxy) is 1. The number of carboxylic acids is 1. The maximum atomic E-state index is 10.8. The van der Waals surface area contributed by atoms with Crippen LogP contribution >= 0.6 is 0 Å². The molecule has 1 fully saturated rings. The van der Waals surface area contributed by atoms with Crippen molar-refractivity contribution in [2.45, 2.75) is 32.3 Å². The quantitative estimate of drug-likeness (QED) is 0.908. The van der Waals surface area contributed by atoms with Gasteiger partial charge in [-0.1, -0.05) is 17.7 Å². The molecule has 112 valence electrons. The molecular weight excluding hydrogens is 266 g/mol. The summed E-state index contributed by atoms with van der Waals surface area (Å²) in [5.41, 5.74) is 3.29. The Labute approximate surface area is 125 Å². The summed E-state index contributed by atoms with van der Waals surface area (Å²) in [4.78, 5) is 12.8. The Kier molecular flexibility index (Phi) is 3.49. The smallest absolute Gasteiger partial charge is 0.317 e. The molecule has 1 aromatic carbocycles. The molecule has 1 N–H and O–H groups in total. The van der Waals surface area contributed by atoms with Crippen LogP contribution in [0, 0.1) is 13.8 Å². The van der Waals surface area contributed by atoms with Crippen LogP contribution in [0.25, 0.3) is 6.08 Å². The number of nitrogens with zero attached hydrogens (tertiary/aromatic N) is 1. The molecule has 0 radical (unpaired) electrons. The molecule has 0 aromatic heterocycles. The van der Waals surface area contributed by atoms with Crippen LogP contribution in [0.3, 0.4) is 0 Å². The molecule has 0 aliphatic carbocycles. The molecule has 3 rings (SSSR count). The summed E-state index contributed by atoms with van der Waals surface area (Å²) >= 11 is 0. The van der Waals surface area contributed by atoms with E-state index in [4.69, 9.17) is 9.84 Å². The largest absolute Gasteiger partial charge is 0.482 e. The van der Waals surface area contributed by atoms with Gasteiger partial charge in [0.15, 0.2) is 0 Å². The van der Waals surface area contributed by atoms with Crippen LogP contribution < -0.4 is 4.74 Å². The summed E-state index contributed by atoms with van der Waals surface area (Å²) in [7, 11) is 0. The van der Waals surface area contributed by atoms with Crippen molar-refractivity contribution in [3.05, 3.63) is 34.9 Å². The van der Waals surface area contributed by atoms with Gasteiger partial charge in [-0.3, -0.25) is 9.69 Å². The van der Waals surface area contributed by atoms with Crippen molar-refractivity contribution in [3.8, 4) is 5.75 Å². The molecule has 2 aliphatic rings. The Morgan fingerprint density at radius 1 is 1.33 bits per heavy atom. The highest BCUT2D eigenvalue weighted by Crippen LogP contribution is 2.39. The highest BCUT2D eigenvalue weighted by atomic mass is 16.5. The van der Waals surface area contributed by atoms with E-state index in [1.54, 1.807) is 0 Å². The number of carboxylic acid groups (broad SMARTS) is 1. The maximum Gasteiger partial charge on any atom is 0.317 e. The van der Waals surface area contributed by atoms with Gasteiger partial charge in [-0.15, -0.1) is 0 Å². The first-order valence-corrected chi connectivity index (χ1v) is 7.41. The molecule has 2 heterocycles. The van der Waals surface area contributed by atoms with Gasteiger partial charge in [0.05, 0.1) is 6.54 Å². The molecule has 0 amide bonds. The fourth-order valence-corrected chi connectivity index (χ4v) is 3.28. The summed E-state index contributed by atoms with van der Waals surface area (Å²) in [6.07, 6.45) is 5.99. The molecule has 21 heavy (non-hydrogen) atoms. The van der Waals surface area contributed by atoms with Crippen LogP contribution in [0.5, 0.6) is 5.75 Å². The van der Waals surface area contributed by atoms with Gasteiger partial charge >= 0.3 is 5.97 Å². The number of rotatable bonds is 2. The van der Waals surface area contributed by atoms with Crippen molar-refractivity contribution in [1.82, 2.24) is 4.90 Å². The van der Waals surface area contributed by atoms with Crippen LogP contribution in [0.15, 0.2) is 18.2 Å². The topological polar surface area (TPSA) is 49.8 Å². The third-order valence-electron chi connectivity index (χ3n) is 4.38. The summed E-state index contributed by atoms with van der Waals surface area (Å²) in [5, 5.41) is 8.87. The van der Waals surface area contributed by atoms with Gasteiger partial charge < -0.3 is 9.84 Å². The van der Waals surface area contributed by atoms with Crippen LogP contribution in [0.2, 0.25) is 0 Å². The van der Waals surface area contributed by atoms with E-state index in [9.17, 15) is 4.79 Å². The van der Waals surface area contributed by atoms with Crippen LogP contribution in [-0.4, -0.2) is 41.2 Å². The van der Waals surface area contributed by atoms with Crippen molar-refractivity contribution in [2.75, 3.05) is 19.6 Å². The van der Waals surface area contributed by atoms with E-state index in [2.05, 4.69) is 38.1 Å². The number of piperidine rings is 1. The van der Waals surface area contributed by atoms with Crippen LogP contribution in [-0.2, 0) is 4.79 Å². The van der Waals surface area contributed by atoms with Crippen molar-refractivity contribution in [2.24, 2.45) is 0 Å². The Hall–Kier alpha value is -1.81. The van der Waals surface area contributed by atoms with Gasteiger partial charge in [-0.05, 0) is 31.6 Å². The summed E-state index contributed by atoms with van der Waals surface area (Å²) < 4.78 is 6.34.